The first-order chi connectivity index (χ1) is 7.66. The third kappa shape index (κ3) is 1.76. The number of fused-ring (bicyclic) bond motifs is 1. The quantitative estimate of drug-likeness (QED) is 0.847. The highest BCUT2D eigenvalue weighted by atomic mass is 16.7. The molecule has 3 rings (SSSR count). The van der Waals surface area contributed by atoms with Crippen LogP contribution in [0.3, 0.4) is 0 Å². The Hall–Kier alpha value is -1.22. The summed E-state index contributed by atoms with van der Waals surface area (Å²) in [7, 11) is 0. The summed E-state index contributed by atoms with van der Waals surface area (Å²) in [6.45, 7) is 2.41. The van der Waals surface area contributed by atoms with Crippen LogP contribution < -0.4 is 15.2 Å². The third-order valence-electron chi connectivity index (χ3n) is 3.52. The van der Waals surface area contributed by atoms with Crippen LogP contribution in [0.5, 0.6) is 11.5 Å². The summed E-state index contributed by atoms with van der Waals surface area (Å²) in [6.07, 6.45) is 4.47. The van der Waals surface area contributed by atoms with Crippen LogP contribution in [0.4, 0.5) is 0 Å². The average molecular weight is 219 g/mol. The molecule has 1 heterocycles. The second-order valence-electron chi connectivity index (χ2n) is 5.01. The number of aryl methyl sites for hydroxylation is 2. The number of hydrogen-bond acceptors (Lipinski definition) is 3. The first-order valence-electron chi connectivity index (χ1n) is 5.84. The molecule has 86 valence electrons. The van der Waals surface area contributed by atoms with Crippen LogP contribution in [0, 0.1) is 6.92 Å². The first-order valence-corrected chi connectivity index (χ1v) is 5.84. The van der Waals surface area contributed by atoms with Crippen LogP contribution in [-0.4, -0.2) is 12.3 Å². The molecule has 16 heavy (non-hydrogen) atoms. The Morgan fingerprint density at radius 3 is 2.88 bits per heavy atom. The Morgan fingerprint density at radius 2 is 2.12 bits per heavy atom. The van der Waals surface area contributed by atoms with Crippen LogP contribution >= 0.6 is 0 Å². The minimum Gasteiger partial charge on any atom is -0.454 e. The molecule has 0 radical (unpaired) electrons. The van der Waals surface area contributed by atoms with E-state index in [2.05, 4.69) is 19.1 Å². The van der Waals surface area contributed by atoms with Gasteiger partial charge >= 0.3 is 0 Å². The van der Waals surface area contributed by atoms with Crippen LogP contribution in [0.2, 0.25) is 0 Å². The van der Waals surface area contributed by atoms with Gasteiger partial charge in [0.25, 0.3) is 0 Å². The van der Waals surface area contributed by atoms with E-state index in [4.69, 9.17) is 15.2 Å². The predicted octanol–water partition coefficient (Wildman–Crippen LogP) is 2.15. The monoisotopic (exact) mass is 219 g/mol. The molecule has 3 nitrogen and oxygen atoms in total. The maximum atomic E-state index is 6.09. The zero-order chi connectivity index (χ0) is 11.2. The van der Waals surface area contributed by atoms with Crippen molar-refractivity contribution in [1.29, 1.82) is 0 Å². The van der Waals surface area contributed by atoms with Gasteiger partial charge in [-0.3, -0.25) is 0 Å². The number of ether oxygens (including phenoxy) is 2. The van der Waals surface area contributed by atoms with Crippen molar-refractivity contribution in [3.8, 4) is 11.5 Å². The van der Waals surface area contributed by atoms with Crippen molar-refractivity contribution in [1.82, 2.24) is 0 Å². The van der Waals surface area contributed by atoms with E-state index < -0.39 is 0 Å². The van der Waals surface area contributed by atoms with Gasteiger partial charge < -0.3 is 15.2 Å². The Kier molecular flexibility index (Phi) is 2.11. The Labute approximate surface area is 95.5 Å². The summed E-state index contributed by atoms with van der Waals surface area (Å²) in [5.41, 5.74) is 8.68. The summed E-state index contributed by atoms with van der Waals surface area (Å²) in [4.78, 5) is 0. The molecule has 1 aromatic carbocycles. The van der Waals surface area contributed by atoms with Crippen LogP contribution in [0.15, 0.2) is 12.1 Å². The minimum atomic E-state index is 0.129. The van der Waals surface area contributed by atoms with Gasteiger partial charge in [0.15, 0.2) is 11.5 Å². The Morgan fingerprint density at radius 1 is 1.31 bits per heavy atom. The van der Waals surface area contributed by atoms with Gasteiger partial charge in [-0.1, -0.05) is 6.07 Å². The number of rotatable bonds is 3. The fourth-order valence-electron chi connectivity index (χ4n) is 2.21. The third-order valence-corrected chi connectivity index (χ3v) is 3.52. The van der Waals surface area contributed by atoms with Crippen LogP contribution in [0.25, 0.3) is 0 Å². The predicted molar refractivity (Wildman–Crippen MR) is 61.8 cm³/mol. The molecule has 0 saturated heterocycles. The lowest BCUT2D eigenvalue weighted by atomic mass is 10.0. The van der Waals surface area contributed by atoms with Gasteiger partial charge in [0.2, 0.25) is 6.79 Å². The highest BCUT2D eigenvalue weighted by Crippen LogP contribution is 2.39. The number of benzene rings is 1. The summed E-state index contributed by atoms with van der Waals surface area (Å²) >= 11 is 0. The highest BCUT2D eigenvalue weighted by molar-refractivity contribution is 5.50. The molecule has 2 aliphatic rings. The standard InChI is InChI=1S/C13H17NO2/c1-9-6-10(2-3-13(14)4-5-13)7-11-12(9)16-8-15-11/h6-7H,2-5,8,14H2,1H3. The maximum absolute atomic E-state index is 6.09. The highest BCUT2D eigenvalue weighted by Gasteiger charge is 2.37. The Balaban J connectivity index is 1.77. The molecule has 0 atom stereocenters. The second kappa shape index (κ2) is 3.39. The molecule has 3 heteroatoms. The van der Waals surface area contributed by atoms with Gasteiger partial charge in [-0.15, -0.1) is 0 Å². The van der Waals surface area contributed by atoms with E-state index in [1.807, 2.05) is 0 Å². The van der Waals surface area contributed by atoms with E-state index in [-0.39, 0.29) is 5.54 Å². The number of nitrogens with two attached hydrogens (primary N) is 1. The van der Waals surface area contributed by atoms with E-state index in [1.54, 1.807) is 0 Å². The van der Waals surface area contributed by atoms with Gasteiger partial charge in [0.05, 0.1) is 0 Å². The van der Waals surface area contributed by atoms with Gasteiger partial charge in [-0.25, -0.2) is 0 Å². The molecule has 0 unspecified atom stereocenters. The molecule has 0 amide bonds. The molecule has 1 fully saturated rings. The van der Waals surface area contributed by atoms with E-state index >= 15 is 0 Å². The van der Waals surface area contributed by atoms with E-state index in [0.717, 1.165) is 29.9 Å². The molecular formula is C13H17NO2. The SMILES string of the molecule is Cc1cc(CCC2(N)CC2)cc2c1OCO2. The largest absolute Gasteiger partial charge is 0.454 e. The van der Waals surface area contributed by atoms with Gasteiger partial charge in [0, 0.05) is 5.54 Å². The lowest BCUT2D eigenvalue weighted by molar-refractivity contribution is 0.173. The first kappa shape index (κ1) is 9.97. The zero-order valence-electron chi connectivity index (χ0n) is 9.58. The maximum Gasteiger partial charge on any atom is 0.231 e. The molecule has 1 aliphatic heterocycles. The molecule has 1 aliphatic carbocycles. The molecule has 0 bridgehead atoms. The summed E-state index contributed by atoms with van der Waals surface area (Å²) in [6, 6.07) is 4.26. The summed E-state index contributed by atoms with van der Waals surface area (Å²) in [5, 5.41) is 0. The van der Waals surface area contributed by atoms with Gasteiger partial charge in [-0.2, -0.15) is 0 Å². The van der Waals surface area contributed by atoms with E-state index in [1.165, 1.54) is 18.4 Å². The zero-order valence-corrected chi connectivity index (χ0v) is 9.58. The van der Waals surface area contributed by atoms with E-state index in [9.17, 15) is 0 Å². The number of hydrogen-bond donors (Lipinski definition) is 1. The van der Waals surface area contributed by atoms with Gasteiger partial charge in [0.1, 0.15) is 0 Å². The lowest BCUT2D eigenvalue weighted by Crippen LogP contribution is -2.22. The smallest absolute Gasteiger partial charge is 0.231 e. The molecule has 0 spiro atoms. The fraction of sp³-hybridized carbons (Fsp3) is 0.538. The fourth-order valence-corrected chi connectivity index (χ4v) is 2.21. The molecular weight excluding hydrogens is 202 g/mol. The second-order valence-corrected chi connectivity index (χ2v) is 5.01. The lowest BCUT2D eigenvalue weighted by Gasteiger charge is -2.09. The minimum absolute atomic E-state index is 0.129. The summed E-state index contributed by atoms with van der Waals surface area (Å²) in [5.74, 6) is 1.79. The van der Waals surface area contributed by atoms with Crippen molar-refractivity contribution in [2.45, 2.75) is 38.1 Å². The topological polar surface area (TPSA) is 44.5 Å². The Bertz CT molecular complexity index is 424. The van der Waals surface area contributed by atoms with Gasteiger partial charge in [-0.05, 0) is 49.8 Å². The molecule has 2 N–H and O–H groups in total. The van der Waals surface area contributed by atoms with Crippen molar-refractivity contribution < 1.29 is 9.47 Å². The summed E-state index contributed by atoms with van der Waals surface area (Å²) < 4.78 is 10.8. The van der Waals surface area contributed by atoms with Crippen LogP contribution in [-0.2, 0) is 6.42 Å². The van der Waals surface area contributed by atoms with Crippen LogP contribution in [0.1, 0.15) is 30.4 Å². The average Bonchev–Trinajstić information content (AvgIpc) is 2.79. The molecule has 1 aromatic rings. The normalized spacial score (nSPS) is 19.9. The van der Waals surface area contributed by atoms with Crippen molar-refractivity contribution in [2.75, 3.05) is 6.79 Å². The van der Waals surface area contributed by atoms with Crippen molar-refractivity contribution in [2.24, 2.45) is 5.73 Å². The van der Waals surface area contributed by atoms with Crippen molar-refractivity contribution in [3.05, 3.63) is 23.3 Å². The van der Waals surface area contributed by atoms with Crippen molar-refractivity contribution >= 4 is 0 Å². The van der Waals surface area contributed by atoms with E-state index in [0.29, 0.717) is 6.79 Å². The molecule has 1 saturated carbocycles. The van der Waals surface area contributed by atoms with Crippen molar-refractivity contribution in [3.63, 3.8) is 0 Å². The molecule has 0 aromatic heterocycles.